The van der Waals surface area contributed by atoms with Gasteiger partial charge in [-0.2, -0.15) is 0 Å². The summed E-state index contributed by atoms with van der Waals surface area (Å²) in [6, 6.07) is 4.27. The highest BCUT2D eigenvalue weighted by Gasteiger charge is 2.32. The molecule has 37 heavy (non-hydrogen) atoms. The molecule has 14 heteroatoms. The molecule has 2 aromatic rings. The van der Waals surface area contributed by atoms with Gasteiger partial charge in [-0.1, -0.05) is 12.2 Å². The molecule has 2 rings (SSSR count). The lowest BCUT2D eigenvalue weighted by Gasteiger charge is -2.09. The number of phenolic OH excluding ortho intramolecular Hbond substituents is 2. The van der Waals surface area contributed by atoms with Crippen molar-refractivity contribution in [2.24, 2.45) is 5.92 Å². The van der Waals surface area contributed by atoms with Crippen LogP contribution in [0.2, 0.25) is 0 Å². The maximum absolute atomic E-state index is 12.7. The van der Waals surface area contributed by atoms with Crippen molar-refractivity contribution in [1.82, 2.24) is 0 Å². The van der Waals surface area contributed by atoms with Crippen LogP contribution in [-0.4, -0.2) is 58.9 Å². The Kier molecular flexibility index (Phi) is 9.01. The van der Waals surface area contributed by atoms with Crippen molar-refractivity contribution in [3.8, 4) is 23.0 Å². The molecule has 2 N–H and O–H groups in total. The van der Waals surface area contributed by atoms with Crippen molar-refractivity contribution < 1.29 is 48.7 Å². The summed E-state index contributed by atoms with van der Waals surface area (Å²) < 4.78 is 14.3. The fraction of sp³-hybridized carbons (Fsp3) is 0.174. The summed E-state index contributed by atoms with van der Waals surface area (Å²) in [7, 11) is 3.27. The molecule has 0 radical (unpaired) electrons. The average molecular weight is 516 g/mol. The van der Waals surface area contributed by atoms with E-state index in [1.54, 1.807) is 0 Å². The van der Waals surface area contributed by atoms with Gasteiger partial charge in [-0.05, 0) is 35.4 Å². The number of nitrogens with zero attached hydrogens (tertiary/aromatic N) is 2. The molecule has 0 spiro atoms. The van der Waals surface area contributed by atoms with E-state index in [0.29, 0.717) is 0 Å². The number of ketones is 2. The number of benzene rings is 2. The number of hydrogen-bond acceptors (Lipinski definition) is 12. The van der Waals surface area contributed by atoms with Crippen molar-refractivity contribution in [2.75, 3.05) is 21.3 Å². The molecule has 0 aliphatic rings. The number of esters is 1. The summed E-state index contributed by atoms with van der Waals surface area (Å²) in [5.74, 6) is -7.18. The van der Waals surface area contributed by atoms with Crippen LogP contribution < -0.4 is 9.47 Å². The minimum absolute atomic E-state index is 0.0461. The SMILES string of the molecule is COC(=O)C(C(=O)/C=C/c1cc(OC)c(O)c([N+](=O)[O-])c1)C(=O)/C=C/c1cc(OC)c(O)c([N+](=O)[O-])c1. The first-order chi connectivity index (χ1) is 17.4. The molecule has 194 valence electrons. The third-order valence-electron chi connectivity index (χ3n) is 4.87. The highest BCUT2D eigenvalue weighted by molar-refractivity contribution is 6.24. The first-order valence-corrected chi connectivity index (χ1v) is 10.1. The Morgan fingerprint density at radius 2 is 1.16 bits per heavy atom. The maximum atomic E-state index is 12.7. The van der Waals surface area contributed by atoms with Crippen LogP contribution in [-0.2, 0) is 19.1 Å². The predicted octanol–water partition coefficient (Wildman–Crippen LogP) is 2.59. The Hall–Kier alpha value is -5.27. The number of rotatable bonds is 11. The van der Waals surface area contributed by atoms with Crippen LogP contribution in [0.1, 0.15) is 11.1 Å². The second-order valence-corrected chi connectivity index (χ2v) is 7.12. The minimum atomic E-state index is -1.96. The molecule has 2 aromatic carbocycles. The Morgan fingerprint density at radius 1 is 0.784 bits per heavy atom. The molecule has 0 bridgehead atoms. The normalized spacial score (nSPS) is 11.0. The number of carbonyl (C=O) groups excluding carboxylic acids is 3. The highest BCUT2D eigenvalue weighted by atomic mass is 16.6. The number of aromatic hydroxyl groups is 2. The smallest absolute Gasteiger partial charge is 0.324 e. The van der Waals surface area contributed by atoms with Gasteiger partial charge >= 0.3 is 17.3 Å². The Balaban J connectivity index is 2.39. The van der Waals surface area contributed by atoms with E-state index in [0.717, 1.165) is 57.8 Å². The van der Waals surface area contributed by atoms with Crippen LogP contribution in [0.15, 0.2) is 36.4 Å². The lowest BCUT2D eigenvalue weighted by molar-refractivity contribution is -0.386. The minimum Gasteiger partial charge on any atom is -0.500 e. The van der Waals surface area contributed by atoms with Crippen LogP contribution in [0.25, 0.3) is 12.2 Å². The summed E-state index contributed by atoms with van der Waals surface area (Å²) in [4.78, 5) is 58.1. The molecule has 0 heterocycles. The highest BCUT2D eigenvalue weighted by Crippen LogP contribution is 2.38. The third-order valence-corrected chi connectivity index (χ3v) is 4.87. The van der Waals surface area contributed by atoms with Gasteiger partial charge in [0.2, 0.25) is 11.5 Å². The summed E-state index contributed by atoms with van der Waals surface area (Å²) in [6.07, 6.45) is 3.77. The zero-order chi connectivity index (χ0) is 27.9. The van der Waals surface area contributed by atoms with E-state index < -0.39 is 56.2 Å². The van der Waals surface area contributed by atoms with Crippen molar-refractivity contribution in [3.05, 3.63) is 67.8 Å². The first-order valence-electron chi connectivity index (χ1n) is 10.1. The van der Waals surface area contributed by atoms with E-state index in [1.165, 1.54) is 12.1 Å². The first kappa shape index (κ1) is 28.0. The number of hydrogen-bond donors (Lipinski definition) is 2. The number of phenols is 2. The van der Waals surface area contributed by atoms with Crippen molar-refractivity contribution in [2.45, 2.75) is 0 Å². The van der Waals surface area contributed by atoms with E-state index in [9.17, 15) is 44.8 Å². The molecule has 0 atom stereocenters. The molecule has 0 amide bonds. The number of nitro groups is 2. The summed E-state index contributed by atoms with van der Waals surface area (Å²) in [5.41, 5.74) is -1.31. The van der Waals surface area contributed by atoms with Gasteiger partial charge in [0.15, 0.2) is 29.0 Å². The number of allylic oxidation sites excluding steroid dienone is 2. The topological polar surface area (TPSA) is 206 Å². The standard InChI is InChI=1S/C23H20N2O12/c1-35-18-10-12(8-14(21(18)28)24(31)32)4-6-16(26)20(23(30)37-3)17(27)7-5-13-9-15(25(33)34)22(29)19(11-13)36-2/h4-11,20,28-29H,1-3H3/b6-4+,7-5+. The van der Waals surface area contributed by atoms with Gasteiger partial charge in [-0.15, -0.1) is 0 Å². The van der Waals surface area contributed by atoms with E-state index in [2.05, 4.69) is 4.74 Å². The molecule has 0 saturated heterocycles. The van der Waals surface area contributed by atoms with E-state index >= 15 is 0 Å². The van der Waals surface area contributed by atoms with E-state index in [-0.39, 0.29) is 22.6 Å². The molecule has 0 aromatic heterocycles. The predicted molar refractivity (Wildman–Crippen MR) is 126 cm³/mol. The van der Waals surface area contributed by atoms with Crippen LogP contribution in [0.5, 0.6) is 23.0 Å². The number of ether oxygens (including phenoxy) is 3. The van der Waals surface area contributed by atoms with Gasteiger partial charge in [-0.25, -0.2) is 0 Å². The number of carbonyl (C=O) groups is 3. The van der Waals surface area contributed by atoms with Crippen LogP contribution in [0, 0.1) is 26.1 Å². The van der Waals surface area contributed by atoms with Crippen molar-refractivity contribution in [1.29, 1.82) is 0 Å². The zero-order valence-corrected chi connectivity index (χ0v) is 19.6. The van der Waals surface area contributed by atoms with Crippen molar-refractivity contribution >= 4 is 41.1 Å². The molecule has 0 saturated carbocycles. The summed E-state index contributed by atoms with van der Waals surface area (Å²) >= 11 is 0. The largest absolute Gasteiger partial charge is 0.500 e. The molecule has 0 fully saturated rings. The van der Waals surface area contributed by atoms with Gasteiger partial charge in [0.05, 0.1) is 31.2 Å². The third kappa shape index (κ3) is 6.45. The van der Waals surface area contributed by atoms with Crippen LogP contribution in [0.3, 0.4) is 0 Å². The molecule has 0 unspecified atom stereocenters. The Morgan fingerprint density at radius 3 is 1.46 bits per heavy atom. The summed E-state index contributed by atoms with van der Waals surface area (Å²) in [6.45, 7) is 0. The van der Waals surface area contributed by atoms with Gasteiger partial charge in [-0.3, -0.25) is 34.6 Å². The monoisotopic (exact) mass is 516 g/mol. The molecular weight excluding hydrogens is 496 g/mol. The fourth-order valence-corrected chi connectivity index (χ4v) is 3.05. The molecule has 0 aliphatic carbocycles. The van der Waals surface area contributed by atoms with E-state index in [4.69, 9.17) is 9.47 Å². The Bertz CT molecular complexity index is 1240. The summed E-state index contributed by atoms with van der Waals surface area (Å²) in [5, 5.41) is 42.0. The number of nitro benzene ring substituents is 2. The van der Waals surface area contributed by atoms with Gasteiger partial charge < -0.3 is 24.4 Å². The lowest BCUT2D eigenvalue weighted by Crippen LogP contribution is -2.30. The zero-order valence-electron chi connectivity index (χ0n) is 19.6. The molecular formula is C23H20N2O12. The number of methoxy groups -OCH3 is 3. The fourth-order valence-electron chi connectivity index (χ4n) is 3.05. The van der Waals surface area contributed by atoms with Gasteiger partial charge in [0.1, 0.15) is 0 Å². The van der Waals surface area contributed by atoms with Gasteiger partial charge in [0, 0.05) is 12.1 Å². The average Bonchev–Trinajstić information content (AvgIpc) is 2.86. The second-order valence-electron chi connectivity index (χ2n) is 7.12. The van der Waals surface area contributed by atoms with E-state index in [1.807, 2.05) is 0 Å². The second kappa shape index (κ2) is 11.9. The Labute approximate surface area is 208 Å². The quantitative estimate of drug-likeness (QED) is 0.145. The van der Waals surface area contributed by atoms with Crippen LogP contribution >= 0.6 is 0 Å². The molecule has 0 aliphatic heterocycles. The van der Waals surface area contributed by atoms with Gasteiger partial charge in [0.25, 0.3) is 0 Å². The lowest BCUT2D eigenvalue weighted by atomic mass is 9.97. The van der Waals surface area contributed by atoms with Crippen molar-refractivity contribution in [3.63, 3.8) is 0 Å². The molecule has 14 nitrogen and oxygen atoms in total. The maximum Gasteiger partial charge on any atom is 0.324 e. The van der Waals surface area contributed by atoms with Crippen LogP contribution in [0.4, 0.5) is 11.4 Å².